The molecule has 0 aromatic carbocycles. The minimum absolute atomic E-state index is 0.0124. The molecule has 1 amide bonds. The average molecular weight is 256 g/mol. The summed E-state index contributed by atoms with van der Waals surface area (Å²) in [4.78, 5) is 14.4. The van der Waals surface area contributed by atoms with Gasteiger partial charge in [-0.3, -0.25) is 4.79 Å². The summed E-state index contributed by atoms with van der Waals surface area (Å²) >= 11 is 0. The van der Waals surface area contributed by atoms with Crippen molar-refractivity contribution < 1.29 is 4.79 Å². The predicted octanol–water partition coefficient (Wildman–Crippen LogP) is 3.18. The molecule has 3 heteroatoms. The molecule has 108 valence electrons. The van der Waals surface area contributed by atoms with Crippen molar-refractivity contribution in [2.24, 2.45) is 11.1 Å². The van der Waals surface area contributed by atoms with Gasteiger partial charge in [0, 0.05) is 25.0 Å². The summed E-state index contributed by atoms with van der Waals surface area (Å²) in [5, 5.41) is 0. The van der Waals surface area contributed by atoms with E-state index in [4.69, 9.17) is 5.73 Å². The van der Waals surface area contributed by atoms with Crippen molar-refractivity contribution >= 4 is 5.91 Å². The van der Waals surface area contributed by atoms with Gasteiger partial charge in [-0.1, -0.05) is 41.0 Å². The fraction of sp³-hybridized carbons (Fsp3) is 0.933. The molecule has 0 aliphatic heterocycles. The van der Waals surface area contributed by atoms with Crippen molar-refractivity contribution in [3.05, 3.63) is 0 Å². The Morgan fingerprint density at radius 3 is 2.22 bits per heavy atom. The van der Waals surface area contributed by atoms with Gasteiger partial charge < -0.3 is 10.6 Å². The van der Waals surface area contributed by atoms with Crippen LogP contribution in [0, 0.1) is 5.41 Å². The van der Waals surface area contributed by atoms with E-state index >= 15 is 0 Å². The zero-order valence-electron chi connectivity index (χ0n) is 13.1. The maximum atomic E-state index is 12.4. The third-order valence-corrected chi connectivity index (χ3v) is 3.70. The average Bonchev–Trinajstić information content (AvgIpc) is 2.27. The summed E-state index contributed by atoms with van der Waals surface area (Å²) < 4.78 is 0. The van der Waals surface area contributed by atoms with Crippen molar-refractivity contribution in [3.8, 4) is 0 Å². The largest absolute Gasteiger partial charge is 0.340 e. The van der Waals surface area contributed by atoms with Gasteiger partial charge in [-0.15, -0.1) is 0 Å². The second-order valence-electron chi connectivity index (χ2n) is 6.37. The SMILES string of the molecule is CCCCN(C(=O)CC(N)C(C)(C)C)C(C)CC. The van der Waals surface area contributed by atoms with Gasteiger partial charge in [-0.2, -0.15) is 0 Å². The molecule has 0 saturated heterocycles. The molecule has 0 heterocycles. The Bertz CT molecular complexity index is 245. The Kier molecular flexibility index (Phi) is 7.53. The molecular weight excluding hydrogens is 224 g/mol. The third kappa shape index (κ3) is 5.85. The van der Waals surface area contributed by atoms with E-state index < -0.39 is 0 Å². The molecule has 0 radical (unpaired) electrons. The minimum Gasteiger partial charge on any atom is -0.340 e. The van der Waals surface area contributed by atoms with E-state index in [-0.39, 0.29) is 17.4 Å². The molecule has 0 spiro atoms. The maximum absolute atomic E-state index is 12.4. The van der Waals surface area contributed by atoms with Crippen LogP contribution in [-0.2, 0) is 4.79 Å². The van der Waals surface area contributed by atoms with E-state index in [0.717, 1.165) is 25.8 Å². The highest BCUT2D eigenvalue weighted by molar-refractivity contribution is 5.77. The van der Waals surface area contributed by atoms with Gasteiger partial charge in [-0.05, 0) is 25.2 Å². The van der Waals surface area contributed by atoms with E-state index in [1.54, 1.807) is 0 Å². The third-order valence-electron chi connectivity index (χ3n) is 3.70. The Labute approximate surface area is 113 Å². The van der Waals surface area contributed by atoms with Crippen LogP contribution in [0.5, 0.6) is 0 Å². The van der Waals surface area contributed by atoms with Gasteiger partial charge in [-0.25, -0.2) is 0 Å². The molecule has 0 rings (SSSR count). The van der Waals surface area contributed by atoms with Crippen LogP contribution in [0.15, 0.2) is 0 Å². The highest BCUT2D eigenvalue weighted by Crippen LogP contribution is 2.21. The van der Waals surface area contributed by atoms with Gasteiger partial charge in [0.1, 0.15) is 0 Å². The maximum Gasteiger partial charge on any atom is 0.224 e. The molecule has 18 heavy (non-hydrogen) atoms. The molecular formula is C15H32N2O. The monoisotopic (exact) mass is 256 g/mol. The molecule has 0 saturated carbocycles. The van der Waals surface area contributed by atoms with Crippen LogP contribution < -0.4 is 5.73 Å². The zero-order chi connectivity index (χ0) is 14.3. The summed E-state index contributed by atoms with van der Waals surface area (Å²) in [7, 11) is 0. The number of carbonyl (C=O) groups excluding carboxylic acids is 1. The first kappa shape index (κ1) is 17.4. The second kappa shape index (κ2) is 7.78. The van der Waals surface area contributed by atoms with E-state index in [9.17, 15) is 4.79 Å². The summed E-state index contributed by atoms with van der Waals surface area (Å²) in [6, 6.07) is 0.245. The Morgan fingerprint density at radius 1 is 1.28 bits per heavy atom. The van der Waals surface area contributed by atoms with Gasteiger partial charge >= 0.3 is 0 Å². The molecule has 0 fully saturated rings. The van der Waals surface area contributed by atoms with Crippen molar-refractivity contribution in [1.82, 2.24) is 4.90 Å². The molecule has 3 nitrogen and oxygen atoms in total. The van der Waals surface area contributed by atoms with E-state index in [1.807, 2.05) is 4.90 Å². The molecule has 2 atom stereocenters. The second-order valence-corrected chi connectivity index (χ2v) is 6.37. The molecule has 0 aliphatic rings. The quantitative estimate of drug-likeness (QED) is 0.760. The number of amides is 1. The summed E-state index contributed by atoms with van der Waals surface area (Å²) in [6.07, 6.45) is 3.64. The van der Waals surface area contributed by atoms with Gasteiger partial charge in [0.25, 0.3) is 0 Å². The predicted molar refractivity (Wildman–Crippen MR) is 78.4 cm³/mol. The lowest BCUT2D eigenvalue weighted by Crippen LogP contribution is -2.45. The first-order valence-corrected chi connectivity index (χ1v) is 7.29. The lowest BCUT2D eigenvalue weighted by molar-refractivity contribution is -0.134. The standard InChI is InChI=1S/C15H32N2O/c1-7-9-10-17(12(3)8-2)14(18)11-13(16)15(4,5)6/h12-13H,7-11,16H2,1-6H3. The number of nitrogens with zero attached hydrogens (tertiary/aromatic N) is 1. The lowest BCUT2D eigenvalue weighted by Gasteiger charge is -2.32. The van der Waals surface area contributed by atoms with Crippen LogP contribution in [0.2, 0.25) is 0 Å². The van der Waals surface area contributed by atoms with Crippen LogP contribution >= 0.6 is 0 Å². The minimum atomic E-state index is -0.0711. The fourth-order valence-electron chi connectivity index (χ4n) is 1.75. The van der Waals surface area contributed by atoms with Crippen molar-refractivity contribution in [3.63, 3.8) is 0 Å². The highest BCUT2D eigenvalue weighted by atomic mass is 16.2. The molecule has 2 N–H and O–H groups in total. The van der Waals surface area contributed by atoms with Crippen LogP contribution in [-0.4, -0.2) is 29.4 Å². The van der Waals surface area contributed by atoms with Crippen LogP contribution in [0.1, 0.15) is 67.2 Å². The topological polar surface area (TPSA) is 46.3 Å². The number of rotatable bonds is 7. The first-order valence-electron chi connectivity index (χ1n) is 7.29. The number of hydrogen-bond donors (Lipinski definition) is 1. The van der Waals surface area contributed by atoms with Gasteiger partial charge in [0.05, 0.1) is 0 Å². The van der Waals surface area contributed by atoms with Crippen molar-refractivity contribution in [1.29, 1.82) is 0 Å². The van der Waals surface area contributed by atoms with Crippen molar-refractivity contribution in [2.45, 2.75) is 79.3 Å². The molecule has 0 aromatic heterocycles. The Balaban J connectivity index is 4.55. The fourth-order valence-corrected chi connectivity index (χ4v) is 1.75. The smallest absolute Gasteiger partial charge is 0.224 e. The van der Waals surface area contributed by atoms with E-state index in [0.29, 0.717) is 12.5 Å². The van der Waals surface area contributed by atoms with Crippen LogP contribution in [0.3, 0.4) is 0 Å². The van der Waals surface area contributed by atoms with Gasteiger partial charge in [0.2, 0.25) is 5.91 Å². The number of unbranched alkanes of at least 4 members (excludes halogenated alkanes) is 1. The number of carbonyl (C=O) groups is 1. The van der Waals surface area contributed by atoms with Crippen LogP contribution in [0.4, 0.5) is 0 Å². The molecule has 0 aromatic rings. The van der Waals surface area contributed by atoms with E-state index in [2.05, 4.69) is 41.5 Å². The highest BCUT2D eigenvalue weighted by Gasteiger charge is 2.26. The molecule has 2 unspecified atom stereocenters. The molecule has 0 aliphatic carbocycles. The number of hydrogen-bond acceptors (Lipinski definition) is 2. The zero-order valence-corrected chi connectivity index (χ0v) is 13.1. The summed E-state index contributed by atoms with van der Waals surface area (Å²) in [5.41, 5.74) is 6.10. The normalized spacial score (nSPS) is 15.3. The van der Waals surface area contributed by atoms with Crippen molar-refractivity contribution in [2.75, 3.05) is 6.54 Å². The summed E-state index contributed by atoms with van der Waals surface area (Å²) in [5.74, 6) is 0.209. The van der Waals surface area contributed by atoms with Crippen LogP contribution in [0.25, 0.3) is 0 Å². The van der Waals surface area contributed by atoms with E-state index in [1.165, 1.54) is 0 Å². The Morgan fingerprint density at radius 2 is 1.83 bits per heavy atom. The first-order chi connectivity index (χ1) is 8.23. The van der Waals surface area contributed by atoms with Gasteiger partial charge in [0.15, 0.2) is 0 Å². The lowest BCUT2D eigenvalue weighted by atomic mass is 9.85. The molecule has 0 bridgehead atoms. The summed E-state index contributed by atoms with van der Waals surface area (Å²) in [6.45, 7) is 13.5. The Hall–Kier alpha value is -0.570. The number of nitrogens with two attached hydrogens (primary N) is 1.